The molecule has 1 aliphatic rings. The van der Waals surface area contributed by atoms with Gasteiger partial charge in [0.1, 0.15) is 5.82 Å². The van der Waals surface area contributed by atoms with Crippen LogP contribution < -0.4 is 4.90 Å². The van der Waals surface area contributed by atoms with Crippen LogP contribution in [-0.2, 0) is 0 Å². The summed E-state index contributed by atoms with van der Waals surface area (Å²) in [6.07, 6.45) is 3.20. The number of para-hydroxylation sites is 1. The predicted molar refractivity (Wildman–Crippen MR) is 90.4 cm³/mol. The van der Waals surface area contributed by atoms with Crippen molar-refractivity contribution in [1.29, 1.82) is 0 Å². The molecule has 1 aromatic carbocycles. The number of hydrogen-bond donors (Lipinski definition) is 0. The quantitative estimate of drug-likeness (QED) is 0.698. The number of hydrogen-bond acceptors (Lipinski definition) is 4. The van der Waals surface area contributed by atoms with Crippen molar-refractivity contribution in [2.45, 2.75) is 19.8 Å². The molecule has 0 N–H and O–H groups in total. The van der Waals surface area contributed by atoms with Crippen LogP contribution in [0.15, 0.2) is 36.4 Å². The average molecular weight is 306 g/mol. The number of pyridine rings is 1. The number of rotatable bonds is 3. The summed E-state index contributed by atoms with van der Waals surface area (Å²) in [5.41, 5.74) is 3.31. The van der Waals surface area contributed by atoms with Crippen molar-refractivity contribution >= 4 is 23.1 Å². The minimum Gasteiger partial charge on any atom is -0.356 e. The van der Waals surface area contributed by atoms with Gasteiger partial charge in [0.15, 0.2) is 11.9 Å². The van der Waals surface area contributed by atoms with Crippen molar-refractivity contribution in [3.8, 4) is 5.69 Å². The second-order valence-corrected chi connectivity index (χ2v) is 5.92. The van der Waals surface area contributed by atoms with Crippen LogP contribution in [0.2, 0.25) is 0 Å². The van der Waals surface area contributed by atoms with E-state index < -0.39 is 0 Å². The van der Waals surface area contributed by atoms with E-state index in [9.17, 15) is 4.79 Å². The molecular weight excluding hydrogens is 288 g/mol. The molecule has 1 saturated heterocycles. The van der Waals surface area contributed by atoms with Crippen LogP contribution in [0.5, 0.6) is 0 Å². The Labute approximate surface area is 134 Å². The van der Waals surface area contributed by atoms with Crippen molar-refractivity contribution in [2.75, 3.05) is 18.0 Å². The number of anilines is 1. The van der Waals surface area contributed by atoms with Gasteiger partial charge in [-0.1, -0.05) is 18.2 Å². The molecule has 4 rings (SSSR count). The molecule has 0 spiro atoms. The molecule has 116 valence electrons. The molecule has 23 heavy (non-hydrogen) atoms. The van der Waals surface area contributed by atoms with E-state index in [1.54, 1.807) is 0 Å². The molecular formula is C18H18N4O. The Morgan fingerprint density at radius 2 is 1.87 bits per heavy atom. The van der Waals surface area contributed by atoms with Gasteiger partial charge in [0.2, 0.25) is 0 Å². The molecule has 3 heterocycles. The number of carbonyl (C=O) groups excluding carboxylic acids is 1. The summed E-state index contributed by atoms with van der Waals surface area (Å²) < 4.78 is 1.86. The van der Waals surface area contributed by atoms with Gasteiger partial charge in [0, 0.05) is 18.5 Å². The third kappa shape index (κ3) is 2.29. The predicted octanol–water partition coefficient (Wildman–Crippen LogP) is 3.14. The van der Waals surface area contributed by atoms with Crippen LogP contribution in [0.4, 0.5) is 5.82 Å². The zero-order valence-electron chi connectivity index (χ0n) is 13.1. The second kappa shape index (κ2) is 5.50. The van der Waals surface area contributed by atoms with Gasteiger partial charge in [-0.05, 0) is 38.0 Å². The Morgan fingerprint density at radius 1 is 1.13 bits per heavy atom. The fraction of sp³-hybridized carbons (Fsp3) is 0.278. The molecule has 0 saturated carbocycles. The SMILES string of the molecule is Cc1nn(-c2ccccc2)c2nc(N3CCCC3)c(C=O)cc12. The third-order valence-electron chi connectivity index (χ3n) is 4.38. The van der Waals surface area contributed by atoms with E-state index in [0.29, 0.717) is 5.56 Å². The van der Waals surface area contributed by atoms with Crippen molar-refractivity contribution in [1.82, 2.24) is 14.8 Å². The summed E-state index contributed by atoms with van der Waals surface area (Å²) in [6, 6.07) is 11.9. The van der Waals surface area contributed by atoms with Gasteiger partial charge >= 0.3 is 0 Å². The van der Waals surface area contributed by atoms with E-state index in [0.717, 1.165) is 60.4 Å². The molecule has 5 heteroatoms. The van der Waals surface area contributed by atoms with Gasteiger partial charge in [0.05, 0.1) is 16.9 Å². The lowest BCUT2D eigenvalue weighted by Gasteiger charge is -2.18. The minimum absolute atomic E-state index is 0.648. The summed E-state index contributed by atoms with van der Waals surface area (Å²) in [5, 5.41) is 5.55. The van der Waals surface area contributed by atoms with Crippen LogP contribution in [0.25, 0.3) is 16.7 Å². The van der Waals surface area contributed by atoms with Crippen LogP contribution in [0, 0.1) is 6.92 Å². The van der Waals surface area contributed by atoms with Gasteiger partial charge in [-0.3, -0.25) is 4.79 Å². The van der Waals surface area contributed by atoms with E-state index in [1.165, 1.54) is 0 Å². The van der Waals surface area contributed by atoms with E-state index in [-0.39, 0.29) is 0 Å². The van der Waals surface area contributed by atoms with Crippen molar-refractivity contribution in [2.24, 2.45) is 0 Å². The van der Waals surface area contributed by atoms with Crippen LogP contribution in [0.3, 0.4) is 0 Å². The molecule has 0 bridgehead atoms. The fourth-order valence-corrected chi connectivity index (χ4v) is 3.21. The van der Waals surface area contributed by atoms with Gasteiger partial charge in [0.25, 0.3) is 0 Å². The van der Waals surface area contributed by atoms with Gasteiger partial charge in [-0.15, -0.1) is 0 Å². The lowest BCUT2D eigenvalue weighted by atomic mass is 10.2. The first-order chi connectivity index (χ1) is 11.3. The summed E-state index contributed by atoms with van der Waals surface area (Å²) in [5.74, 6) is 0.780. The Balaban J connectivity index is 1.96. The highest BCUT2D eigenvalue weighted by Gasteiger charge is 2.20. The summed E-state index contributed by atoms with van der Waals surface area (Å²) >= 11 is 0. The van der Waals surface area contributed by atoms with Crippen molar-refractivity contribution < 1.29 is 4.79 Å². The lowest BCUT2D eigenvalue weighted by molar-refractivity contribution is 0.112. The highest BCUT2D eigenvalue weighted by atomic mass is 16.1. The van der Waals surface area contributed by atoms with Crippen molar-refractivity contribution in [3.63, 3.8) is 0 Å². The fourth-order valence-electron chi connectivity index (χ4n) is 3.21. The second-order valence-electron chi connectivity index (χ2n) is 5.92. The first-order valence-corrected chi connectivity index (χ1v) is 7.94. The third-order valence-corrected chi connectivity index (χ3v) is 4.38. The Kier molecular flexibility index (Phi) is 3.33. The van der Waals surface area contributed by atoms with Crippen LogP contribution >= 0.6 is 0 Å². The standard InChI is InChI=1S/C18H18N4O/c1-13-16-11-14(12-23)17(21-9-5-6-10-21)19-18(16)22(20-13)15-7-3-2-4-8-15/h2-4,7-8,11-12H,5-6,9-10H2,1H3. The molecule has 0 atom stereocenters. The molecule has 3 aromatic rings. The zero-order chi connectivity index (χ0) is 15.8. The maximum Gasteiger partial charge on any atom is 0.165 e. The number of aryl methyl sites for hydroxylation is 1. The summed E-state index contributed by atoms with van der Waals surface area (Å²) in [6.45, 7) is 3.86. The van der Waals surface area contributed by atoms with Crippen LogP contribution in [0.1, 0.15) is 28.9 Å². The largest absolute Gasteiger partial charge is 0.356 e. The molecule has 0 radical (unpaired) electrons. The van der Waals surface area contributed by atoms with Gasteiger partial charge < -0.3 is 4.90 Å². The Morgan fingerprint density at radius 3 is 2.57 bits per heavy atom. The topological polar surface area (TPSA) is 51.0 Å². The lowest BCUT2D eigenvalue weighted by Crippen LogP contribution is -2.21. The summed E-state index contributed by atoms with van der Waals surface area (Å²) in [4.78, 5) is 18.5. The Hall–Kier alpha value is -2.69. The first-order valence-electron chi connectivity index (χ1n) is 7.94. The average Bonchev–Trinajstić information content (AvgIpc) is 3.23. The maximum absolute atomic E-state index is 11.5. The molecule has 1 fully saturated rings. The summed E-state index contributed by atoms with van der Waals surface area (Å²) in [7, 11) is 0. The van der Waals surface area contributed by atoms with E-state index in [1.807, 2.05) is 48.0 Å². The molecule has 0 amide bonds. The van der Waals surface area contributed by atoms with Gasteiger partial charge in [-0.2, -0.15) is 5.10 Å². The number of benzene rings is 1. The minimum atomic E-state index is 0.648. The van der Waals surface area contributed by atoms with Gasteiger partial charge in [-0.25, -0.2) is 9.67 Å². The van der Waals surface area contributed by atoms with Crippen LogP contribution in [-0.4, -0.2) is 34.1 Å². The van der Waals surface area contributed by atoms with E-state index in [4.69, 9.17) is 4.98 Å². The maximum atomic E-state index is 11.5. The highest BCUT2D eigenvalue weighted by Crippen LogP contribution is 2.28. The monoisotopic (exact) mass is 306 g/mol. The zero-order valence-corrected chi connectivity index (χ0v) is 13.1. The molecule has 5 nitrogen and oxygen atoms in total. The van der Waals surface area contributed by atoms with E-state index >= 15 is 0 Å². The van der Waals surface area contributed by atoms with Crippen molar-refractivity contribution in [3.05, 3.63) is 47.7 Å². The molecule has 1 aliphatic heterocycles. The van der Waals surface area contributed by atoms with E-state index in [2.05, 4.69) is 10.00 Å². The number of aromatic nitrogens is 3. The molecule has 0 aliphatic carbocycles. The molecule has 0 unspecified atom stereocenters. The smallest absolute Gasteiger partial charge is 0.165 e. The normalized spacial score (nSPS) is 14.6. The number of nitrogens with zero attached hydrogens (tertiary/aromatic N) is 4. The first kappa shape index (κ1) is 13.9. The number of fused-ring (bicyclic) bond motifs is 1. The number of carbonyl (C=O) groups is 1. The Bertz CT molecular complexity index is 864. The molecule has 2 aromatic heterocycles. The highest BCUT2D eigenvalue weighted by molar-refractivity contribution is 5.92. The number of aldehydes is 1.